The molecule has 2 heterocycles. The van der Waals surface area contributed by atoms with Gasteiger partial charge in [-0.2, -0.15) is 0 Å². The van der Waals surface area contributed by atoms with Crippen LogP contribution in [0.5, 0.6) is 0 Å². The molecule has 0 saturated carbocycles. The number of carboxylic acid groups (broad SMARTS) is 1. The van der Waals surface area contributed by atoms with Crippen LogP contribution in [-0.4, -0.2) is 64.9 Å². The lowest BCUT2D eigenvalue weighted by molar-refractivity contribution is -0.148. The average Bonchev–Trinajstić information content (AvgIpc) is 2.90. The molecule has 0 radical (unpaired) electrons. The number of fused-ring (bicyclic) bond motifs is 1. The monoisotopic (exact) mass is 389 g/mol. The number of ether oxygens (including phenoxy) is 1. The molecule has 10 nitrogen and oxygen atoms in total. The van der Waals surface area contributed by atoms with Crippen molar-refractivity contribution in [2.45, 2.75) is 31.9 Å². The van der Waals surface area contributed by atoms with E-state index in [-0.39, 0.29) is 37.1 Å². The van der Waals surface area contributed by atoms with Crippen molar-refractivity contribution in [1.29, 1.82) is 0 Å². The number of imide groups is 2. The number of amides is 4. The van der Waals surface area contributed by atoms with Gasteiger partial charge in [0.15, 0.2) is 6.10 Å². The van der Waals surface area contributed by atoms with Gasteiger partial charge in [0.1, 0.15) is 6.04 Å². The first-order valence-electron chi connectivity index (χ1n) is 8.74. The molecule has 0 aromatic heterocycles. The lowest BCUT2D eigenvalue weighted by atomic mass is 10.0. The molecule has 0 aliphatic carbocycles. The van der Waals surface area contributed by atoms with Crippen molar-refractivity contribution in [3.05, 3.63) is 29.3 Å². The second-order valence-corrected chi connectivity index (χ2v) is 6.45. The van der Waals surface area contributed by atoms with Crippen molar-refractivity contribution in [1.82, 2.24) is 10.2 Å². The molecule has 1 saturated heterocycles. The van der Waals surface area contributed by atoms with Gasteiger partial charge in [0.25, 0.3) is 11.8 Å². The highest BCUT2D eigenvalue weighted by Crippen LogP contribution is 2.32. The molecule has 1 fully saturated rings. The van der Waals surface area contributed by atoms with Crippen LogP contribution in [0.3, 0.4) is 0 Å². The van der Waals surface area contributed by atoms with E-state index in [1.54, 1.807) is 12.1 Å². The van der Waals surface area contributed by atoms with Gasteiger partial charge in [-0.15, -0.1) is 0 Å². The Labute approximate surface area is 159 Å². The molecule has 2 aliphatic heterocycles. The van der Waals surface area contributed by atoms with E-state index in [0.29, 0.717) is 5.69 Å². The van der Waals surface area contributed by atoms with Crippen LogP contribution in [0.15, 0.2) is 18.2 Å². The van der Waals surface area contributed by atoms with Crippen LogP contribution in [0.1, 0.15) is 40.5 Å². The second-order valence-electron chi connectivity index (χ2n) is 6.45. The Morgan fingerprint density at radius 1 is 1.32 bits per heavy atom. The Morgan fingerprint density at radius 3 is 2.75 bits per heavy atom. The maximum absolute atomic E-state index is 12.9. The first-order chi connectivity index (χ1) is 13.3. The number of benzene rings is 1. The zero-order valence-electron chi connectivity index (χ0n) is 15.1. The first-order valence-corrected chi connectivity index (χ1v) is 8.74. The third-order valence-electron chi connectivity index (χ3n) is 4.60. The summed E-state index contributed by atoms with van der Waals surface area (Å²) < 4.78 is 5.12. The summed E-state index contributed by atoms with van der Waals surface area (Å²) in [6.07, 6.45) is -0.831. The maximum atomic E-state index is 12.9. The van der Waals surface area contributed by atoms with Gasteiger partial charge in [-0.25, -0.2) is 4.79 Å². The zero-order valence-corrected chi connectivity index (χ0v) is 15.1. The number of hydrogen-bond donors (Lipinski definition) is 3. The third kappa shape index (κ3) is 3.58. The molecule has 3 N–H and O–H groups in total. The number of carbonyl (C=O) groups is 5. The Kier molecular flexibility index (Phi) is 5.41. The summed E-state index contributed by atoms with van der Waals surface area (Å²) in [4.78, 5) is 60.6. The number of piperidine rings is 1. The zero-order chi connectivity index (χ0) is 20.4. The fourth-order valence-corrected chi connectivity index (χ4v) is 3.15. The molecule has 0 bridgehead atoms. The number of aliphatic carboxylic acids is 1. The lowest BCUT2D eigenvalue weighted by Crippen LogP contribution is -2.54. The van der Waals surface area contributed by atoms with Gasteiger partial charge in [-0.1, -0.05) is 6.07 Å². The van der Waals surface area contributed by atoms with Crippen LogP contribution in [0, 0.1) is 0 Å². The minimum Gasteiger partial charge on any atom is -0.479 e. The number of carbonyl (C=O) groups excluding carboxylic acids is 4. The Bertz CT molecular complexity index is 867. The molecule has 2 atom stereocenters. The SMILES string of the molecule is CC(OCCNc1cccc2c1C(=O)N(C1CCC(=O)NC1=O)C2=O)C(=O)O. The van der Waals surface area contributed by atoms with Crippen molar-refractivity contribution in [3.63, 3.8) is 0 Å². The smallest absolute Gasteiger partial charge is 0.332 e. The van der Waals surface area contributed by atoms with E-state index in [1.807, 2.05) is 0 Å². The Morgan fingerprint density at radius 2 is 2.07 bits per heavy atom. The van der Waals surface area contributed by atoms with Crippen LogP contribution in [0.2, 0.25) is 0 Å². The number of rotatable bonds is 7. The summed E-state index contributed by atoms with van der Waals surface area (Å²) in [7, 11) is 0. The quantitative estimate of drug-likeness (QED) is 0.437. The van der Waals surface area contributed by atoms with Crippen LogP contribution >= 0.6 is 0 Å². The largest absolute Gasteiger partial charge is 0.479 e. The summed E-state index contributed by atoms with van der Waals surface area (Å²) in [6, 6.07) is 3.67. The van der Waals surface area contributed by atoms with E-state index in [0.717, 1.165) is 4.90 Å². The molecule has 10 heteroatoms. The molecule has 28 heavy (non-hydrogen) atoms. The number of carboxylic acids is 1. The van der Waals surface area contributed by atoms with Crippen molar-refractivity contribution in [2.75, 3.05) is 18.5 Å². The van der Waals surface area contributed by atoms with Gasteiger partial charge in [0.05, 0.1) is 17.7 Å². The molecule has 1 aromatic carbocycles. The van der Waals surface area contributed by atoms with E-state index in [4.69, 9.17) is 9.84 Å². The van der Waals surface area contributed by atoms with Crippen LogP contribution in [0.25, 0.3) is 0 Å². The van der Waals surface area contributed by atoms with Gasteiger partial charge < -0.3 is 15.2 Å². The summed E-state index contributed by atoms with van der Waals surface area (Å²) in [6.45, 7) is 1.70. The highest BCUT2D eigenvalue weighted by Gasteiger charge is 2.45. The molecule has 2 unspecified atom stereocenters. The second kappa shape index (κ2) is 7.77. The van der Waals surface area contributed by atoms with Crippen molar-refractivity contribution < 1.29 is 33.8 Å². The number of hydrogen-bond acceptors (Lipinski definition) is 7. The van der Waals surface area contributed by atoms with E-state index in [9.17, 15) is 24.0 Å². The highest BCUT2D eigenvalue weighted by atomic mass is 16.5. The first kappa shape index (κ1) is 19.5. The van der Waals surface area contributed by atoms with Gasteiger partial charge in [-0.3, -0.25) is 29.4 Å². The summed E-state index contributed by atoms with van der Waals surface area (Å²) in [5, 5.41) is 13.9. The van der Waals surface area contributed by atoms with Crippen LogP contribution < -0.4 is 10.6 Å². The molecule has 2 aliphatic rings. The van der Waals surface area contributed by atoms with Gasteiger partial charge in [0.2, 0.25) is 11.8 Å². The van der Waals surface area contributed by atoms with Gasteiger partial charge in [-0.05, 0) is 25.5 Å². The van der Waals surface area contributed by atoms with E-state index >= 15 is 0 Å². The summed E-state index contributed by atoms with van der Waals surface area (Å²) >= 11 is 0. The number of nitrogens with zero attached hydrogens (tertiary/aromatic N) is 1. The minimum absolute atomic E-state index is 0.0496. The lowest BCUT2D eigenvalue weighted by Gasteiger charge is -2.27. The molecule has 0 spiro atoms. The predicted octanol–water partition coefficient (Wildman–Crippen LogP) is -0.0106. The fourth-order valence-electron chi connectivity index (χ4n) is 3.15. The minimum atomic E-state index is -1.08. The van der Waals surface area contributed by atoms with Gasteiger partial charge >= 0.3 is 5.97 Å². The summed E-state index contributed by atoms with van der Waals surface area (Å²) in [5.74, 6) is -3.39. The third-order valence-corrected chi connectivity index (χ3v) is 4.60. The van der Waals surface area contributed by atoms with Crippen molar-refractivity contribution in [2.24, 2.45) is 0 Å². The summed E-state index contributed by atoms with van der Waals surface area (Å²) in [5.41, 5.74) is 0.695. The standard InChI is InChI=1S/C18H19N3O7/c1-9(18(26)27)28-8-7-19-11-4-2-3-10-14(11)17(25)21(16(10)24)12-5-6-13(22)20-15(12)23/h2-4,9,12,19H,5-8H2,1H3,(H,26,27)(H,20,22,23). The van der Waals surface area contributed by atoms with E-state index in [1.165, 1.54) is 13.0 Å². The normalized spacial score (nSPS) is 20.0. The molecule has 4 amide bonds. The molecule has 3 rings (SSSR count). The van der Waals surface area contributed by atoms with Crippen molar-refractivity contribution in [3.8, 4) is 0 Å². The Hall–Kier alpha value is -3.27. The number of nitrogens with one attached hydrogen (secondary N) is 2. The van der Waals surface area contributed by atoms with Gasteiger partial charge in [0, 0.05) is 18.7 Å². The van der Waals surface area contributed by atoms with Crippen LogP contribution in [-0.2, 0) is 19.1 Å². The van der Waals surface area contributed by atoms with Crippen LogP contribution in [0.4, 0.5) is 5.69 Å². The molecule has 1 aromatic rings. The predicted molar refractivity (Wildman–Crippen MR) is 94.7 cm³/mol. The molecule has 148 valence electrons. The average molecular weight is 389 g/mol. The molecular weight excluding hydrogens is 370 g/mol. The molecular formula is C18H19N3O7. The van der Waals surface area contributed by atoms with E-state index < -0.39 is 41.7 Å². The number of anilines is 1. The topological polar surface area (TPSA) is 142 Å². The highest BCUT2D eigenvalue weighted by molar-refractivity contribution is 6.25. The fraction of sp³-hybridized carbons (Fsp3) is 0.389. The van der Waals surface area contributed by atoms with Crippen molar-refractivity contribution >= 4 is 35.3 Å². The Balaban J connectivity index is 1.74. The maximum Gasteiger partial charge on any atom is 0.332 e. The van der Waals surface area contributed by atoms with E-state index in [2.05, 4.69) is 10.6 Å².